The van der Waals surface area contributed by atoms with E-state index in [1.54, 1.807) is 34.3 Å². The number of hydrogen-bond acceptors (Lipinski definition) is 3. The summed E-state index contributed by atoms with van der Waals surface area (Å²) in [5, 5.41) is 5.97. The molecule has 150 valence electrons. The molecule has 0 atom stereocenters. The normalized spacial score (nSPS) is 17.1. The van der Waals surface area contributed by atoms with Gasteiger partial charge in [0.1, 0.15) is 0 Å². The van der Waals surface area contributed by atoms with Crippen molar-refractivity contribution in [1.82, 2.24) is 15.3 Å². The third-order valence-electron chi connectivity index (χ3n) is 5.70. The zero-order valence-electron chi connectivity index (χ0n) is 16.3. The lowest BCUT2D eigenvalue weighted by Crippen LogP contribution is -2.49. The van der Waals surface area contributed by atoms with Gasteiger partial charge in [-0.25, -0.2) is 0 Å². The topological polar surface area (TPSA) is 69.7 Å². The first-order valence-corrected chi connectivity index (χ1v) is 10.1. The van der Waals surface area contributed by atoms with Gasteiger partial charge in [-0.05, 0) is 37.0 Å². The van der Waals surface area contributed by atoms with Crippen molar-refractivity contribution in [3.05, 3.63) is 71.8 Å². The number of nitrogens with one attached hydrogen (secondary N) is 1. The van der Waals surface area contributed by atoms with Crippen LogP contribution in [0.3, 0.4) is 0 Å². The van der Waals surface area contributed by atoms with E-state index in [0.29, 0.717) is 18.7 Å². The summed E-state index contributed by atoms with van der Waals surface area (Å²) in [6, 6.07) is 18.7. The SMILES string of the molecule is O=C(NCCC(=O)N1CCCN1C(=O)C1(c2ccccc2)CC1)c1ccccc1. The molecule has 0 aromatic heterocycles. The van der Waals surface area contributed by atoms with Crippen LogP contribution in [0.4, 0.5) is 0 Å². The van der Waals surface area contributed by atoms with Crippen LogP contribution < -0.4 is 5.32 Å². The quantitative estimate of drug-likeness (QED) is 0.823. The number of hydrogen-bond donors (Lipinski definition) is 1. The fourth-order valence-electron chi connectivity index (χ4n) is 3.94. The lowest BCUT2D eigenvalue weighted by molar-refractivity contribution is -0.159. The molecular formula is C23H25N3O3. The zero-order chi connectivity index (χ0) is 20.3. The standard InChI is InChI=1S/C23H25N3O3/c27-20(12-15-24-21(28)18-8-3-1-4-9-18)25-16-7-17-26(25)22(29)23(13-14-23)19-10-5-2-6-11-19/h1-6,8-11H,7,12-17H2,(H,24,28). The van der Waals surface area contributed by atoms with Crippen LogP contribution in [0.25, 0.3) is 0 Å². The second kappa shape index (κ2) is 8.07. The predicted molar refractivity (Wildman–Crippen MR) is 109 cm³/mol. The van der Waals surface area contributed by atoms with Crippen LogP contribution in [0.1, 0.15) is 41.6 Å². The van der Waals surface area contributed by atoms with Crippen molar-refractivity contribution in [3.63, 3.8) is 0 Å². The zero-order valence-corrected chi connectivity index (χ0v) is 16.3. The number of rotatable bonds is 6. The maximum absolute atomic E-state index is 13.3. The Bertz CT molecular complexity index is 894. The molecule has 1 saturated heterocycles. The highest BCUT2D eigenvalue weighted by Gasteiger charge is 2.54. The summed E-state index contributed by atoms with van der Waals surface area (Å²) >= 11 is 0. The second-order valence-electron chi connectivity index (χ2n) is 7.62. The average Bonchev–Trinajstić information content (AvgIpc) is 3.43. The summed E-state index contributed by atoms with van der Waals surface area (Å²) in [4.78, 5) is 38.1. The number of hydrazine groups is 1. The minimum absolute atomic E-state index is 0.0165. The fourth-order valence-corrected chi connectivity index (χ4v) is 3.94. The van der Waals surface area contributed by atoms with E-state index in [1.165, 1.54) is 0 Å². The molecule has 2 fully saturated rings. The van der Waals surface area contributed by atoms with Gasteiger partial charge in [0.05, 0.1) is 5.41 Å². The van der Waals surface area contributed by atoms with E-state index >= 15 is 0 Å². The van der Waals surface area contributed by atoms with Crippen LogP contribution in [-0.4, -0.2) is 47.4 Å². The van der Waals surface area contributed by atoms with Gasteiger partial charge >= 0.3 is 0 Å². The lowest BCUT2D eigenvalue weighted by atomic mass is 9.95. The van der Waals surface area contributed by atoms with Gasteiger partial charge in [-0.1, -0.05) is 48.5 Å². The molecule has 2 aromatic carbocycles. The van der Waals surface area contributed by atoms with Gasteiger partial charge in [0.25, 0.3) is 11.8 Å². The molecule has 1 heterocycles. The molecule has 0 unspecified atom stereocenters. The summed E-state index contributed by atoms with van der Waals surface area (Å²) in [5.74, 6) is -0.315. The van der Waals surface area contributed by atoms with E-state index in [0.717, 1.165) is 24.8 Å². The van der Waals surface area contributed by atoms with Gasteiger partial charge in [0, 0.05) is 31.6 Å². The smallest absolute Gasteiger partial charge is 0.251 e. The minimum Gasteiger partial charge on any atom is -0.352 e. The minimum atomic E-state index is -0.481. The van der Waals surface area contributed by atoms with Gasteiger partial charge < -0.3 is 5.32 Å². The Balaban J connectivity index is 1.35. The van der Waals surface area contributed by atoms with Gasteiger partial charge in [0.2, 0.25) is 5.91 Å². The van der Waals surface area contributed by atoms with Crippen LogP contribution in [0.5, 0.6) is 0 Å². The summed E-state index contributed by atoms with van der Waals surface area (Å²) in [6.45, 7) is 1.35. The molecule has 6 heteroatoms. The Kier molecular flexibility index (Phi) is 5.34. The Hall–Kier alpha value is -3.15. The molecule has 1 saturated carbocycles. The van der Waals surface area contributed by atoms with E-state index in [-0.39, 0.29) is 30.7 Å². The first-order valence-electron chi connectivity index (χ1n) is 10.1. The van der Waals surface area contributed by atoms with Crippen molar-refractivity contribution in [2.24, 2.45) is 0 Å². The number of benzene rings is 2. The molecule has 29 heavy (non-hydrogen) atoms. The van der Waals surface area contributed by atoms with E-state index < -0.39 is 5.41 Å². The van der Waals surface area contributed by atoms with E-state index in [9.17, 15) is 14.4 Å². The van der Waals surface area contributed by atoms with Crippen molar-refractivity contribution in [3.8, 4) is 0 Å². The van der Waals surface area contributed by atoms with E-state index in [2.05, 4.69) is 5.32 Å². The van der Waals surface area contributed by atoms with Crippen LogP contribution in [-0.2, 0) is 15.0 Å². The summed E-state index contributed by atoms with van der Waals surface area (Å²) < 4.78 is 0. The fraction of sp³-hybridized carbons (Fsp3) is 0.348. The van der Waals surface area contributed by atoms with Gasteiger partial charge in [-0.2, -0.15) is 0 Å². The number of carbonyl (C=O) groups excluding carboxylic acids is 3. The van der Waals surface area contributed by atoms with Crippen molar-refractivity contribution in [1.29, 1.82) is 0 Å². The molecule has 3 amide bonds. The lowest BCUT2D eigenvalue weighted by Gasteiger charge is -2.31. The molecule has 0 spiro atoms. The molecule has 0 radical (unpaired) electrons. The summed E-state index contributed by atoms with van der Waals surface area (Å²) in [7, 11) is 0. The third-order valence-corrected chi connectivity index (χ3v) is 5.70. The highest BCUT2D eigenvalue weighted by Crippen LogP contribution is 2.50. The Labute approximate surface area is 170 Å². The van der Waals surface area contributed by atoms with E-state index in [1.807, 2.05) is 36.4 Å². The van der Waals surface area contributed by atoms with Crippen LogP contribution >= 0.6 is 0 Å². The summed E-state index contributed by atoms with van der Waals surface area (Å²) in [5.41, 5.74) is 1.11. The van der Waals surface area contributed by atoms with Crippen molar-refractivity contribution in [2.75, 3.05) is 19.6 Å². The Morgan fingerprint density at radius 3 is 2.14 bits per heavy atom. The molecule has 1 N–H and O–H groups in total. The first-order chi connectivity index (χ1) is 14.1. The Morgan fingerprint density at radius 1 is 0.862 bits per heavy atom. The predicted octanol–water partition coefficient (Wildman–Crippen LogP) is 2.51. The van der Waals surface area contributed by atoms with Crippen molar-refractivity contribution >= 4 is 17.7 Å². The molecule has 1 aliphatic carbocycles. The Morgan fingerprint density at radius 2 is 1.48 bits per heavy atom. The maximum Gasteiger partial charge on any atom is 0.251 e. The molecule has 1 aliphatic heterocycles. The van der Waals surface area contributed by atoms with Crippen LogP contribution in [0, 0.1) is 0 Å². The highest BCUT2D eigenvalue weighted by atomic mass is 16.2. The van der Waals surface area contributed by atoms with Crippen molar-refractivity contribution in [2.45, 2.75) is 31.1 Å². The number of carbonyl (C=O) groups is 3. The van der Waals surface area contributed by atoms with Crippen LogP contribution in [0.15, 0.2) is 60.7 Å². The molecule has 4 rings (SSSR count). The first kappa shape index (κ1) is 19.2. The van der Waals surface area contributed by atoms with E-state index in [4.69, 9.17) is 0 Å². The maximum atomic E-state index is 13.3. The largest absolute Gasteiger partial charge is 0.352 e. The third kappa shape index (κ3) is 3.88. The van der Waals surface area contributed by atoms with Gasteiger partial charge in [-0.3, -0.25) is 24.4 Å². The second-order valence-corrected chi connectivity index (χ2v) is 7.62. The molecule has 6 nitrogen and oxygen atoms in total. The monoisotopic (exact) mass is 391 g/mol. The molecule has 2 aliphatic rings. The molecule has 0 bridgehead atoms. The van der Waals surface area contributed by atoms with Gasteiger partial charge in [0.15, 0.2) is 0 Å². The molecule has 2 aromatic rings. The average molecular weight is 391 g/mol. The number of nitrogens with zero attached hydrogens (tertiary/aromatic N) is 2. The van der Waals surface area contributed by atoms with Crippen LogP contribution in [0.2, 0.25) is 0 Å². The summed E-state index contributed by atoms with van der Waals surface area (Å²) in [6.07, 6.45) is 2.59. The molecular weight excluding hydrogens is 366 g/mol. The number of amides is 3. The van der Waals surface area contributed by atoms with Crippen molar-refractivity contribution < 1.29 is 14.4 Å². The highest BCUT2D eigenvalue weighted by molar-refractivity contribution is 5.95. The van der Waals surface area contributed by atoms with Gasteiger partial charge in [-0.15, -0.1) is 0 Å².